The lowest BCUT2D eigenvalue weighted by Gasteiger charge is -1.79. The van der Waals surface area contributed by atoms with Gasteiger partial charge in [0.15, 0.2) is 0 Å². The summed E-state index contributed by atoms with van der Waals surface area (Å²) in [4.78, 5) is 0. The van der Waals surface area contributed by atoms with Gasteiger partial charge in [0, 0.05) is 13.2 Å². The van der Waals surface area contributed by atoms with Crippen molar-refractivity contribution >= 4 is 0 Å². The minimum Gasteiger partial charge on any atom is -0.412 e. The molecule has 10 heavy (non-hydrogen) atoms. The molecule has 0 aliphatic heterocycles. The minimum absolute atomic E-state index is 0. The molecule has 0 bridgehead atoms. The average Bonchev–Trinajstić information content (AvgIpc) is 1.71. The van der Waals surface area contributed by atoms with Crippen LogP contribution in [0.2, 0.25) is 0 Å². The lowest BCUT2D eigenvalue weighted by molar-refractivity contribution is 0.287. The Balaban J connectivity index is -0.0000000326. The zero-order valence-electron chi connectivity index (χ0n) is 6.93. The standard InChI is InChI=1S/C4H10O.C2H6O.H3N.H2O/c1-2-3-4-5;1-2-3;;/h5H,2-4H2,1H3;3H,2H2,1H3;1H3;1H2. The highest BCUT2D eigenvalue weighted by molar-refractivity contribution is 4.23. The van der Waals surface area contributed by atoms with Gasteiger partial charge >= 0.3 is 0 Å². The number of rotatable bonds is 2. The van der Waals surface area contributed by atoms with Crippen LogP contribution >= 0.6 is 0 Å². The van der Waals surface area contributed by atoms with Crippen molar-refractivity contribution in [1.29, 1.82) is 0 Å². The quantitative estimate of drug-likeness (QED) is 0.527. The minimum atomic E-state index is 0. The molecule has 0 heterocycles. The van der Waals surface area contributed by atoms with E-state index in [1.807, 2.05) is 0 Å². The van der Waals surface area contributed by atoms with E-state index in [9.17, 15) is 0 Å². The van der Waals surface area contributed by atoms with Gasteiger partial charge in [-0.2, -0.15) is 0 Å². The number of hydrogen-bond donors (Lipinski definition) is 3. The molecule has 0 saturated carbocycles. The Morgan fingerprint density at radius 3 is 1.40 bits per heavy atom. The molecule has 0 aromatic heterocycles. The molecule has 0 atom stereocenters. The summed E-state index contributed by atoms with van der Waals surface area (Å²) in [5, 5.41) is 15.6. The van der Waals surface area contributed by atoms with Crippen molar-refractivity contribution < 1.29 is 15.7 Å². The van der Waals surface area contributed by atoms with Crippen LogP contribution < -0.4 is 6.15 Å². The zero-order chi connectivity index (χ0) is 6.83. The summed E-state index contributed by atoms with van der Waals surface area (Å²) in [5.41, 5.74) is 0. The fraction of sp³-hybridized carbons (Fsp3) is 1.00. The number of hydrogen-bond acceptors (Lipinski definition) is 3. The van der Waals surface area contributed by atoms with E-state index in [1.165, 1.54) is 0 Å². The van der Waals surface area contributed by atoms with Crippen LogP contribution in [-0.4, -0.2) is 28.9 Å². The van der Waals surface area contributed by atoms with E-state index < -0.39 is 0 Å². The molecule has 0 amide bonds. The molecule has 0 aromatic carbocycles. The lowest BCUT2D eigenvalue weighted by Crippen LogP contribution is -1.75. The molecule has 68 valence electrons. The van der Waals surface area contributed by atoms with Gasteiger partial charge < -0.3 is 21.8 Å². The molecule has 4 heteroatoms. The first-order chi connectivity index (χ1) is 3.83. The third-order valence-corrected chi connectivity index (χ3v) is 0.512. The summed E-state index contributed by atoms with van der Waals surface area (Å²) in [7, 11) is 0. The fourth-order valence-corrected chi connectivity index (χ4v) is 0.158. The van der Waals surface area contributed by atoms with E-state index in [-0.39, 0.29) is 18.2 Å². The van der Waals surface area contributed by atoms with Gasteiger partial charge in [0.25, 0.3) is 0 Å². The normalized spacial score (nSPS) is 6.00. The van der Waals surface area contributed by atoms with Crippen molar-refractivity contribution in [2.75, 3.05) is 13.2 Å². The van der Waals surface area contributed by atoms with Gasteiger partial charge in [-0.1, -0.05) is 13.3 Å². The second-order valence-corrected chi connectivity index (χ2v) is 1.39. The third kappa shape index (κ3) is 108. The van der Waals surface area contributed by atoms with Crippen LogP contribution in [0.15, 0.2) is 0 Å². The molecule has 0 spiro atoms. The number of unbranched alkanes of at least 4 members (excludes halogenated alkanes) is 1. The first kappa shape index (κ1) is 22.5. The highest BCUT2D eigenvalue weighted by Crippen LogP contribution is 1.78. The summed E-state index contributed by atoms with van der Waals surface area (Å²) >= 11 is 0. The highest BCUT2D eigenvalue weighted by Gasteiger charge is 1.69. The molecule has 0 aromatic rings. The summed E-state index contributed by atoms with van der Waals surface area (Å²) in [6, 6.07) is 0. The van der Waals surface area contributed by atoms with Crippen LogP contribution in [-0.2, 0) is 0 Å². The topological polar surface area (TPSA) is 107 Å². The van der Waals surface area contributed by atoms with E-state index in [0.717, 1.165) is 12.8 Å². The maximum Gasteiger partial charge on any atom is 0.0430 e. The molecule has 4 nitrogen and oxygen atoms in total. The van der Waals surface area contributed by atoms with E-state index >= 15 is 0 Å². The molecule has 7 N–H and O–H groups in total. The second-order valence-electron chi connectivity index (χ2n) is 1.39. The Morgan fingerprint density at radius 2 is 1.40 bits per heavy atom. The third-order valence-electron chi connectivity index (χ3n) is 0.512. The van der Waals surface area contributed by atoms with Gasteiger partial charge in [-0.3, -0.25) is 0 Å². The van der Waals surface area contributed by atoms with E-state index in [0.29, 0.717) is 6.61 Å². The molecule has 0 unspecified atom stereocenters. The molecule has 0 saturated heterocycles. The molecule has 0 fully saturated rings. The number of aliphatic hydroxyl groups is 2. The molecule has 0 rings (SSSR count). The van der Waals surface area contributed by atoms with Crippen LogP contribution in [0.3, 0.4) is 0 Å². The first-order valence-electron chi connectivity index (χ1n) is 3.05. The van der Waals surface area contributed by atoms with Crippen molar-refractivity contribution in [2.24, 2.45) is 0 Å². The molecule has 0 aliphatic rings. The van der Waals surface area contributed by atoms with Crippen LogP contribution in [0.1, 0.15) is 26.7 Å². The van der Waals surface area contributed by atoms with Crippen molar-refractivity contribution in [3.8, 4) is 0 Å². The Bertz CT molecular complexity index is 27.0. The van der Waals surface area contributed by atoms with E-state index in [4.69, 9.17) is 10.2 Å². The van der Waals surface area contributed by atoms with Crippen molar-refractivity contribution in [3.63, 3.8) is 0 Å². The predicted octanol–water partition coefficient (Wildman–Crippen LogP) is 0.115. The first-order valence-corrected chi connectivity index (χ1v) is 3.05. The molecular formula is C6H21NO3. The van der Waals surface area contributed by atoms with Gasteiger partial charge in [-0.15, -0.1) is 0 Å². The van der Waals surface area contributed by atoms with Crippen LogP contribution in [0.4, 0.5) is 0 Å². The highest BCUT2D eigenvalue weighted by atomic mass is 16.3. The summed E-state index contributed by atoms with van der Waals surface area (Å²) < 4.78 is 0. The smallest absolute Gasteiger partial charge is 0.0430 e. The van der Waals surface area contributed by atoms with E-state index in [2.05, 4.69) is 6.92 Å². The Hall–Kier alpha value is -0.160. The lowest BCUT2D eigenvalue weighted by atomic mass is 10.4. The van der Waals surface area contributed by atoms with Gasteiger partial charge in [0.2, 0.25) is 0 Å². The van der Waals surface area contributed by atoms with Crippen LogP contribution in [0.25, 0.3) is 0 Å². The fourth-order valence-electron chi connectivity index (χ4n) is 0.158. The van der Waals surface area contributed by atoms with Gasteiger partial charge in [0.1, 0.15) is 0 Å². The van der Waals surface area contributed by atoms with Crippen LogP contribution in [0, 0.1) is 0 Å². The van der Waals surface area contributed by atoms with E-state index in [1.54, 1.807) is 6.92 Å². The molecule has 0 aliphatic carbocycles. The maximum atomic E-state index is 8.07. The molecule has 0 radical (unpaired) electrons. The van der Waals surface area contributed by atoms with Gasteiger partial charge in [0.05, 0.1) is 0 Å². The van der Waals surface area contributed by atoms with Gasteiger partial charge in [-0.05, 0) is 13.3 Å². The SMILES string of the molecule is CCCCO.CCO.N.O. The molecular weight excluding hydrogens is 134 g/mol. The summed E-state index contributed by atoms with van der Waals surface area (Å²) in [6.07, 6.45) is 2.04. The Morgan fingerprint density at radius 1 is 1.10 bits per heavy atom. The van der Waals surface area contributed by atoms with Crippen molar-refractivity contribution in [2.45, 2.75) is 26.7 Å². The van der Waals surface area contributed by atoms with Crippen molar-refractivity contribution in [3.05, 3.63) is 0 Å². The summed E-state index contributed by atoms with van der Waals surface area (Å²) in [6.45, 7) is 4.33. The van der Waals surface area contributed by atoms with Crippen LogP contribution in [0.5, 0.6) is 0 Å². The monoisotopic (exact) mass is 155 g/mol. The predicted molar refractivity (Wildman–Crippen MR) is 43.4 cm³/mol. The largest absolute Gasteiger partial charge is 0.412 e. The second kappa shape index (κ2) is 36.8. The summed E-state index contributed by atoms with van der Waals surface area (Å²) in [5.74, 6) is 0. The van der Waals surface area contributed by atoms with Gasteiger partial charge in [-0.25, -0.2) is 0 Å². The average molecular weight is 155 g/mol. The Labute approximate surface area is 62.8 Å². The number of aliphatic hydroxyl groups excluding tert-OH is 2. The zero-order valence-corrected chi connectivity index (χ0v) is 6.93. The Kier molecular flexibility index (Phi) is 83.1. The van der Waals surface area contributed by atoms with Crippen molar-refractivity contribution in [1.82, 2.24) is 6.15 Å². The maximum absolute atomic E-state index is 8.07.